The van der Waals surface area contributed by atoms with Gasteiger partial charge in [0.05, 0.1) is 27.7 Å². The molecule has 1 atom stereocenters. The lowest BCUT2D eigenvalue weighted by Gasteiger charge is -2.16. The number of halogens is 3. The summed E-state index contributed by atoms with van der Waals surface area (Å²) in [4.78, 5) is 16.0. The Morgan fingerprint density at radius 3 is 2.48 bits per heavy atom. The smallest absolute Gasteiger partial charge is 0.323 e. The zero-order valence-corrected chi connectivity index (χ0v) is 15.9. The highest BCUT2D eigenvalue weighted by Gasteiger charge is 2.32. The Bertz CT molecular complexity index is 1160. The summed E-state index contributed by atoms with van der Waals surface area (Å²) in [6.07, 6.45) is -3.13. The number of hydrogen-bond acceptors (Lipinski definition) is 4. The van der Waals surface area contributed by atoms with Crippen LogP contribution in [0, 0.1) is 0 Å². The van der Waals surface area contributed by atoms with Crippen molar-refractivity contribution in [3.8, 4) is 0 Å². The van der Waals surface area contributed by atoms with Gasteiger partial charge < -0.3 is 5.32 Å². The van der Waals surface area contributed by atoms with Gasteiger partial charge in [0.25, 0.3) is 0 Å². The number of anilines is 1. The molecule has 1 heterocycles. The van der Waals surface area contributed by atoms with Crippen molar-refractivity contribution in [1.29, 1.82) is 0 Å². The molecule has 2 aromatic carbocycles. The second-order valence-electron chi connectivity index (χ2n) is 6.24. The molecule has 0 radical (unpaired) electrons. The van der Waals surface area contributed by atoms with Crippen molar-refractivity contribution in [2.45, 2.75) is 24.0 Å². The number of nitrogens with zero attached hydrogens (tertiary/aromatic N) is 1. The predicted molar refractivity (Wildman–Crippen MR) is 102 cm³/mol. The van der Waals surface area contributed by atoms with Crippen LogP contribution in [0.15, 0.2) is 65.7 Å². The average molecular weight is 423 g/mol. The first-order chi connectivity index (χ1) is 13.6. The molecule has 0 fully saturated rings. The van der Waals surface area contributed by atoms with Crippen molar-refractivity contribution in [3.63, 3.8) is 0 Å². The second-order valence-corrected chi connectivity index (χ2v) is 7.95. The summed E-state index contributed by atoms with van der Waals surface area (Å²) in [7, 11) is -4.35. The monoisotopic (exact) mass is 423 g/mol. The summed E-state index contributed by atoms with van der Waals surface area (Å²) in [5.74, 6) is -0.682. The Hall–Kier alpha value is -2.98. The van der Waals surface area contributed by atoms with E-state index in [0.717, 1.165) is 23.6 Å². The van der Waals surface area contributed by atoms with Gasteiger partial charge in [-0.2, -0.15) is 17.9 Å². The highest BCUT2D eigenvalue weighted by molar-refractivity contribution is 7.89. The molecule has 29 heavy (non-hydrogen) atoms. The van der Waals surface area contributed by atoms with E-state index in [4.69, 9.17) is 0 Å². The molecule has 0 aliphatic rings. The average Bonchev–Trinajstić information content (AvgIpc) is 2.67. The number of sulfonamides is 1. The summed E-state index contributed by atoms with van der Waals surface area (Å²) in [6.45, 7) is 1.29. The fourth-order valence-corrected chi connectivity index (χ4v) is 3.89. The first kappa shape index (κ1) is 20.7. The second kappa shape index (κ2) is 7.80. The summed E-state index contributed by atoms with van der Waals surface area (Å²) in [6, 6.07) is 10.7. The highest BCUT2D eigenvalue weighted by atomic mass is 32.2. The van der Waals surface area contributed by atoms with Crippen LogP contribution >= 0.6 is 0 Å². The van der Waals surface area contributed by atoms with Crippen LogP contribution in [0.25, 0.3) is 10.9 Å². The molecular weight excluding hydrogens is 407 g/mol. The van der Waals surface area contributed by atoms with E-state index in [1.807, 2.05) is 0 Å². The molecule has 10 heteroatoms. The lowest BCUT2D eigenvalue weighted by atomic mass is 10.2. The molecule has 1 unspecified atom stereocenters. The van der Waals surface area contributed by atoms with Crippen molar-refractivity contribution in [3.05, 3.63) is 66.4 Å². The van der Waals surface area contributed by atoms with Gasteiger partial charge >= 0.3 is 6.18 Å². The largest absolute Gasteiger partial charge is 0.416 e. The zero-order chi connectivity index (χ0) is 21.2. The zero-order valence-electron chi connectivity index (χ0n) is 15.1. The number of nitrogens with one attached hydrogen (secondary N) is 2. The van der Waals surface area contributed by atoms with Crippen molar-refractivity contribution >= 4 is 32.5 Å². The van der Waals surface area contributed by atoms with Gasteiger partial charge in [-0.3, -0.25) is 9.78 Å². The highest BCUT2D eigenvalue weighted by Crippen LogP contribution is 2.30. The van der Waals surface area contributed by atoms with E-state index in [1.165, 1.54) is 6.92 Å². The Kier molecular flexibility index (Phi) is 5.58. The van der Waals surface area contributed by atoms with Crippen LogP contribution in [0.2, 0.25) is 0 Å². The molecule has 2 N–H and O–H groups in total. The van der Waals surface area contributed by atoms with Gasteiger partial charge in [0.1, 0.15) is 0 Å². The molecule has 0 aliphatic heterocycles. The quantitative estimate of drug-likeness (QED) is 0.657. The normalized spacial score (nSPS) is 13.2. The Morgan fingerprint density at radius 2 is 1.76 bits per heavy atom. The number of fused-ring (bicyclic) bond motifs is 1. The van der Waals surface area contributed by atoms with Crippen LogP contribution in [-0.2, 0) is 21.0 Å². The number of pyridine rings is 1. The number of rotatable bonds is 5. The van der Waals surface area contributed by atoms with E-state index in [9.17, 15) is 26.4 Å². The van der Waals surface area contributed by atoms with Gasteiger partial charge in [-0.1, -0.05) is 24.3 Å². The van der Waals surface area contributed by atoms with Crippen LogP contribution in [0.3, 0.4) is 0 Å². The van der Waals surface area contributed by atoms with Gasteiger partial charge in [-0.05, 0) is 37.3 Å². The van der Waals surface area contributed by atoms with Gasteiger partial charge in [-0.15, -0.1) is 0 Å². The third kappa shape index (κ3) is 4.72. The van der Waals surface area contributed by atoms with Gasteiger partial charge in [0.15, 0.2) is 0 Å². The molecule has 3 aromatic rings. The molecule has 1 aromatic heterocycles. The number of hydrogen-bond donors (Lipinski definition) is 2. The summed E-state index contributed by atoms with van der Waals surface area (Å²) >= 11 is 0. The van der Waals surface area contributed by atoms with E-state index in [1.54, 1.807) is 36.5 Å². The third-order valence-electron chi connectivity index (χ3n) is 4.09. The van der Waals surface area contributed by atoms with Crippen molar-refractivity contribution in [2.75, 3.05) is 5.32 Å². The van der Waals surface area contributed by atoms with E-state index < -0.39 is 38.6 Å². The van der Waals surface area contributed by atoms with Crippen LogP contribution < -0.4 is 10.0 Å². The number of carbonyl (C=O) groups is 1. The molecule has 3 rings (SSSR count). The minimum absolute atomic E-state index is 0.387. The Balaban J connectivity index is 1.78. The van der Waals surface area contributed by atoms with Crippen molar-refractivity contribution in [2.24, 2.45) is 0 Å². The fourth-order valence-electron chi connectivity index (χ4n) is 2.64. The number of benzene rings is 2. The topological polar surface area (TPSA) is 88.2 Å². The molecule has 152 valence electrons. The molecule has 1 amide bonds. The lowest BCUT2D eigenvalue weighted by Crippen LogP contribution is -2.41. The van der Waals surface area contributed by atoms with Gasteiger partial charge in [-0.25, -0.2) is 8.42 Å². The SMILES string of the molecule is CC(NS(=O)(=O)c1cccc(C(F)(F)F)c1)C(=O)Nc1cccc2cccnc12. The van der Waals surface area contributed by atoms with E-state index in [2.05, 4.69) is 15.0 Å². The van der Waals surface area contributed by atoms with Crippen LogP contribution in [0.1, 0.15) is 12.5 Å². The number of alkyl halides is 3. The molecule has 0 spiro atoms. The van der Waals surface area contributed by atoms with E-state index in [0.29, 0.717) is 17.3 Å². The first-order valence-corrected chi connectivity index (χ1v) is 9.90. The first-order valence-electron chi connectivity index (χ1n) is 8.42. The van der Waals surface area contributed by atoms with Gasteiger partial charge in [0.2, 0.25) is 15.9 Å². The number of amides is 1. The van der Waals surface area contributed by atoms with E-state index in [-0.39, 0.29) is 0 Å². The molecular formula is C19H16F3N3O3S. The Morgan fingerprint density at radius 1 is 1.07 bits per heavy atom. The number of aromatic nitrogens is 1. The Labute approximate surface area is 164 Å². The van der Waals surface area contributed by atoms with Crippen LogP contribution in [0.4, 0.5) is 18.9 Å². The van der Waals surface area contributed by atoms with Crippen molar-refractivity contribution in [1.82, 2.24) is 9.71 Å². The summed E-state index contributed by atoms with van der Waals surface area (Å²) in [5.41, 5.74) is -0.186. The number of para-hydroxylation sites is 1. The maximum absolute atomic E-state index is 12.8. The van der Waals surface area contributed by atoms with Crippen LogP contribution in [-0.4, -0.2) is 25.4 Å². The van der Waals surface area contributed by atoms with Gasteiger partial charge in [0, 0.05) is 11.6 Å². The van der Waals surface area contributed by atoms with E-state index >= 15 is 0 Å². The molecule has 6 nitrogen and oxygen atoms in total. The minimum Gasteiger partial charge on any atom is -0.323 e. The number of carbonyl (C=O) groups excluding carboxylic acids is 1. The predicted octanol–water partition coefficient (Wildman–Crippen LogP) is 3.56. The standard InChI is InChI=1S/C19H16F3N3O3S/c1-12(18(26)24-16-9-2-5-13-6-4-10-23-17(13)16)25-29(27,28)15-8-3-7-14(11-15)19(20,21)22/h2-12,25H,1H3,(H,24,26). The van der Waals surface area contributed by atoms with Crippen LogP contribution in [0.5, 0.6) is 0 Å². The molecule has 0 aliphatic carbocycles. The maximum atomic E-state index is 12.8. The summed E-state index contributed by atoms with van der Waals surface area (Å²) in [5, 5.41) is 3.37. The fraction of sp³-hybridized carbons (Fsp3) is 0.158. The maximum Gasteiger partial charge on any atom is 0.416 e. The molecule has 0 saturated carbocycles. The third-order valence-corrected chi connectivity index (χ3v) is 5.63. The lowest BCUT2D eigenvalue weighted by molar-refractivity contribution is -0.137. The van der Waals surface area contributed by atoms with Crippen molar-refractivity contribution < 1.29 is 26.4 Å². The summed E-state index contributed by atoms with van der Waals surface area (Å²) < 4.78 is 65.4. The minimum atomic E-state index is -4.68. The molecule has 0 bridgehead atoms. The molecule has 0 saturated heterocycles.